The number of carbonyl (C=O) groups is 2. The van der Waals surface area contributed by atoms with Crippen LogP contribution < -0.4 is 16.0 Å². The van der Waals surface area contributed by atoms with Gasteiger partial charge in [0.25, 0.3) is 11.6 Å². The highest BCUT2D eigenvalue weighted by Gasteiger charge is 2.35. The lowest BCUT2D eigenvalue weighted by Gasteiger charge is -2.28. The van der Waals surface area contributed by atoms with Crippen molar-refractivity contribution in [3.8, 4) is 0 Å². The third kappa shape index (κ3) is 4.24. The Labute approximate surface area is 167 Å². The number of hydrogen-bond donors (Lipinski definition) is 3. The normalized spacial score (nSPS) is 16.5. The number of para-hydroxylation sites is 1. The van der Waals surface area contributed by atoms with Gasteiger partial charge in [-0.1, -0.05) is 18.2 Å². The van der Waals surface area contributed by atoms with Crippen molar-refractivity contribution in [2.24, 2.45) is 0 Å². The SMILES string of the molecule is CC1=C(C(=O)Nc2cccc(C(F)(F)F)c2)C(c2ccccc2[N+](=O)[O-])NC(=O)N1. The van der Waals surface area contributed by atoms with E-state index in [1.165, 1.54) is 37.3 Å². The molecule has 0 aliphatic carbocycles. The Balaban J connectivity index is 2.00. The van der Waals surface area contributed by atoms with E-state index < -0.39 is 34.6 Å². The van der Waals surface area contributed by atoms with Crippen LogP contribution in [0.25, 0.3) is 0 Å². The number of allylic oxidation sites excluding steroid dienone is 1. The summed E-state index contributed by atoms with van der Waals surface area (Å²) in [7, 11) is 0. The van der Waals surface area contributed by atoms with E-state index in [0.29, 0.717) is 0 Å². The molecule has 11 heteroatoms. The van der Waals surface area contributed by atoms with Gasteiger partial charge in [0.05, 0.1) is 27.7 Å². The zero-order valence-electron chi connectivity index (χ0n) is 15.4. The van der Waals surface area contributed by atoms with E-state index in [-0.39, 0.29) is 28.2 Å². The first kappa shape index (κ1) is 20.8. The molecule has 0 fully saturated rings. The molecule has 1 unspecified atom stereocenters. The number of nitro benzene ring substituents is 1. The molecule has 0 saturated carbocycles. The number of amides is 3. The van der Waals surface area contributed by atoms with Crippen LogP contribution in [0.4, 0.5) is 29.3 Å². The van der Waals surface area contributed by atoms with Crippen LogP contribution in [-0.4, -0.2) is 16.9 Å². The van der Waals surface area contributed by atoms with E-state index in [4.69, 9.17) is 0 Å². The van der Waals surface area contributed by atoms with Crippen LogP contribution in [-0.2, 0) is 11.0 Å². The molecule has 0 aromatic heterocycles. The Kier molecular flexibility index (Phi) is 5.45. The van der Waals surface area contributed by atoms with Crippen LogP contribution in [0.1, 0.15) is 24.1 Å². The van der Waals surface area contributed by atoms with Gasteiger partial charge in [0, 0.05) is 17.5 Å². The smallest absolute Gasteiger partial charge is 0.326 e. The highest BCUT2D eigenvalue weighted by Crippen LogP contribution is 2.34. The summed E-state index contributed by atoms with van der Waals surface area (Å²) in [6, 6.07) is 7.74. The van der Waals surface area contributed by atoms with Crippen LogP contribution in [0.3, 0.4) is 0 Å². The third-order valence-electron chi connectivity index (χ3n) is 4.41. The molecule has 30 heavy (non-hydrogen) atoms. The molecule has 156 valence electrons. The Morgan fingerprint density at radius 2 is 1.87 bits per heavy atom. The molecule has 2 aromatic rings. The minimum atomic E-state index is -4.59. The van der Waals surface area contributed by atoms with E-state index in [0.717, 1.165) is 18.2 Å². The number of benzene rings is 2. The van der Waals surface area contributed by atoms with Gasteiger partial charge in [0.1, 0.15) is 0 Å². The summed E-state index contributed by atoms with van der Waals surface area (Å²) < 4.78 is 38.8. The number of urea groups is 1. The summed E-state index contributed by atoms with van der Waals surface area (Å²) in [4.78, 5) is 35.6. The van der Waals surface area contributed by atoms with Crippen molar-refractivity contribution in [1.29, 1.82) is 0 Å². The Morgan fingerprint density at radius 3 is 2.53 bits per heavy atom. The van der Waals surface area contributed by atoms with Crippen molar-refractivity contribution in [1.82, 2.24) is 10.6 Å². The third-order valence-corrected chi connectivity index (χ3v) is 4.41. The Hall–Kier alpha value is -3.89. The summed E-state index contributed by atoms with van der Waals surface area (Å²) in [5.41, 5.74) is -1.27. The van der Waals surface area contributed by atoms with Gasteiger partial charge in [-0.15, -0.1) is 0 Å². The maximum atomic E-state index is 12.9. The fourth-order valence-corrected chi connectivity index (χ4v) is 3.10. The van der Waals surface area contributed by atoms with Gasteiger partial charge in [-0.2, -0.15) is 13.2 Å². The lowest BCUT2D eigenvalue weighted by molar-refractivity contribution is -0.385. The molecular formula is C19H15F3N4O4. The molecule has 8 nitrogen and oxygen atoms in total. The minimum Gasteiger partial charge on any atom is -0.326 e. The molecule has 1 aliphatic heterocycles. The topological polar surface area (TPSA) is 113 Å². The molecule has 0 radical (unpaired) electrons. The van der Waals surface area contributed by atoms with Gasteiger partial charge >= 0.3 is 12.2 Å². The van der Waals surface area contributed by atoms with Gasteiger partial charge in [-0.05, 0) is 31.2 Å². The van der Waals surface area contributed by atoms with Crippen LogP contribution >= 0.6 is 0 Å². The average Bonchev–Trinajstić information content (AvgIpc) is 2.66. The molecule has 0 spiro atoms. The van der Waals surface area contributed by atoms with E-state index in [2.05, 4.69) is 16.0 Å². The molecular weight excluding hydrogens is 405 g/mol. The number of nitrogens with zero attached hydrogens (tertiary/aromatic N) is 1. The molecule has 3 rings (SSSR count). The van der Waals surface area contributed by atoms with E-state index in [1.807, 2.05) is 0 Å². The molecule has 2 aromatic carbocycles. The summed E-state index contributed by atoms with van der Waals surface area (Å²) in [5.74, 6) is -0.817. The van der Waals surface area contributed by atoms with Crippen molar-refractivity contribution < 1.29 is 27.7 Å². The number of carbonyl (C=O) groups excluding carboxylic acids is 2. The Morgan fingerprint density at radius 1 is 1.17 bits per heavy atom. The van der Waals surface area contributed by atoms with Crippen LogP contribution in [0.5, 0.6) is 0 Å². The maximum Gasteiger partial charge on any atom is 0.416 e. The first-order valence-electron chi connectivity index (χ1n) is 8.58. The van der Waals surface area contributed by atoms with Crippen LogP contribution in [0.2, 0.25) is 0 Å². The van der Waals surface area contributed by atoms with Crippen molar-refractivity contribution in [3.63, 3.8) is 0 Å². The van der Waals surface area contributed by atoms with Gasteiger partial charge < -0.3 is 16.0 Å². The largest absolute Gasteiger partial charge is 0.416 e. The lowest BCUT2D eigenvalue weighted by Crippen LogP contribution is -2.46. The van der Waals surface area contributed by atoms with Crippen molar-refractivity contribution >= 4 is 23.3 Å². The first-order chi connectivity index (χ1) is 14.1. The fourth-order valence-electron chi connectivity index (χ4n) is 3.10. The first-order valence-corrected chi connectivity index (χ1v) is 8.58. The molecule has 0 bridgehead atoms. The molecule has 1 atom stereocenters. The average molecular weight is 420 g/mol. The second-order valence-electron chi connectivity index (χ2n) is 6.42. The van der Waals surface area contributed by atoms with Crippen molar-refractivity contribution in [2.75, 3.05) is 5.32 Å². The van der Waals surface area contributed by atoms with E-state index in [9.17, 15) is 32.9 Å². The predicted octanol–water partition coefficient (Wildman–Crippen LogP) is 3.88. The Bertz CT molecular complexity index is 1070. The number of nitro groups is 1. The number of alkyl halides is 3. The highest BCUT2D eigenvalue weighted by atomic mass is 19.4. The van der Waals surface area contributed by atoms with Gasteiger partial charge in [-0.25, -0.2) is 4.79 Å². The second kappa shape index (κ2) is 7.85. The summed E-state index contributed by atoms with van der Waals surface area (Å²) in [6.45, 7) is 1.42. The standard InChI is InChI=1S/C19H15F3N4O4/c1-10-15(17(27)24-12-6-4-5-11(9-12)19(20,21)22)16(25-18(28)23-10)13-7-2-3-8-14(13)26(29)30/h2-9,16H,1H3,(H,24,27)(H2,23,25,28). The zero-order chi connectivity index (χ0) is 22.1. The van der Waals surface area contributed by atoms with Gasteiger partial charge in [0.2, 0.25) is 0 Å². The summed E-state index contributed by atoms with van der Waals surface area (Å²) in [6.07, 6.45) is -4.59. The van der Waals surface area contributed by atoms with E-state index >= 15 is 0 Å². The predicted molar refractivity (Wildman–Crippen MR) is 100 cm³/mol. The lowest BCUT2D eigenvalue weighted by atomic mass is 9.93. The molecule has 1 aliphatic rings. The molecule has 1 heterocycles. The summed E-state index contributed by atoms with van der Waals surface area (Å²) >= 11 is 0. The minimum absolute atomic E-state index is 0.0610. The van der Waals surface area contributed by atoms with E-state index in [1.54, 1.807) is 0 Å². The molecule has 3 N–H and O–H groups in total. The number of rotatable bonds is 4. The highest BCUT2D eigenvalue weighted by molar-refractivity contribution is 6.07. The number of halogens is 3. The van der Waals surface area contributed by atoms with Crippen molar-refractivity contribution in [2.45, 2.75) is 19.1 Å². The fraction of sp³-hybridized carbons (Fsp3) is 0.158. The molecule has 0 saturated heterocycles. The molecule has 3 amide bonds. The number of hydrogen-bond acceptors (Lipinski definition) is 4. The summed E-state index contributed by atoms with van der Waals surface area (Å²) in [5, 5.41) is 18.6. The number of nitrogens with one attached hydrogen (secondary N) is 3. The van der Waals surface area contributed by atoms with Gasteiger partial charge in [-0.3, -0.25) is 14.9 Å². The van der Waals surface area contributed by atoms with Crippen molar-refractivity contribution in [3.05, 3.63) is 81.0 Å². The quantitative estimate of drug-likeness (QED) is 0.515. The zero-order valence-corrected chi connectivity index (χ0v) is 15.4. The van der Waals surface area contributed by atoms with Crippen LogP contribution in [0.15, 0.2) is 59.8 Å². The number of anilines is 1. The maximum absolute atomic E-state index is 12.9. The second-order valence-corrected chi connectivity index (χ2v) is 6.42. The van der Waals surface area contributed by atoms with Gasteiger partial charge in [0.15, 0.2) is 0 Å². The monoisotopic (exact) mass is 420 g/mol. The van der Waals surface area contributed by atoms with Crippen LogP contribution in [0, 0.1) is 10.1 Å².